The minimum atomic E-state index is -0.723. The average Bonchev–Trinajstić information content (AvgIpc) is 2.55. The molecule has 0 aliphatic carbocycles. The second kappa shape index (κ2) is 9.67. The number of amides is 2. The predicted molar refractivity (Wildman–Crippen MR) is 91.7 cm³/mol. The normalized spacial score (nSPS) is 12.8. The van der Waals surface area contributed by atoms with Gasteiger partial charge >= 0.3 is 5.97 Å². The Hall–Kier alpha value is -2.41. The second-order valence-electron chi connectivity index (χ2n) is 5.47. The number of rotatable bonds is 8. The number of nitrogens with one attached hydrogen (secondary N) is 3. The molecule has 3 N–H and O–H groups in total. The van der Waals surface area contributed by atoms with Gasteiger partial charge in [-0.3, -0.25) is 9.59 Å². The van der Waals surface area contributed by atoms with Crippen LogP contribution in [0.4, 0.5) is 5.69 Å². The molecule has 1 rings (SSSR count). The van der Waals surface area contributed by atoms with Crippen LogP contribution < -0.4 is 16.0 Å². The van der Waals surface area contributed by atoms with E-state index >= 15 is 0 Å². The molecule has 0 aliphatic rings. The van der Waals surface area contributed by atoms with Crippen LogP contribution in [0.15, 0.2) is 24.3 Å². The second-order valence-corrected chi connectivity index (χ2v) is 5.47. The maximum absolute atomic E-state index is 12.1. The van der Waals surface area contributed by atoms with E-state index in [2.05, 4.69) is 16.0 Å². The van der Waals surface area contributed by atoms with E-state index in [0.717, 1.165) is 0 Å². The van der Waals surface area contributed by atoms with Crippen molar-refractivity contribution in [3.63, 3.8) is 0 Å². The van der Waals surface area contributed by atoms with Crippen molar-refractivity contribution in [3.05, 3.63) is 29.8 Å². The van der Waals surface area contributed by atoms with E-state index in [9.17, 15) is 14.4 Å². The summed E-state index contributed by atoms with van der Waals surface area (Å²) in [6, 6.07) is 5.75. The molecule has 2 atom stereocenters. The Kier molecular flexibility index (Phi) is 7.91. The summed E-state index contributed by atoms with van der Waals surface area (Å²) in [5.41, 5.74) is 1.00. The lowest BCUT2D eigenvalue weighted by Gasteiger charge is -2.13. The zero-order valence-corrected chi connectivity index (χ0v) is 14.5. The molecule has 0 saturated carbocycles. The molecule has 0 radical (unpaired) electrons. The van der Waals surface area contributed by atoms with Crippen molar-refractivity contribution in [1.29, 1.82) is 0 Å². The van der Waals surface area contributed by atoms with Gasteiger partial charge in [-0.15, -0.1) is 0 Å². The SMILES string of the molecule is CCOC(=O)C(C)NC(=O)c1ccc(NC(=O)C(C)CNC)cc1. The van der Waals surface area contributed by atoms with E-state index < -0.39 is 12.0 Å². The van der Waals surface area contributed by atoms with Crippen molar-refractivity contribution in [2.24, 2.45) is 5.92 Å². The molecule has 0 heterocycles. The number of ether oxygens (including phenoxy) is 1. The fraction of sp³-hybridized carbons (Fsp3) is 0.471. The van der Waals surface area contributed by atoms with Gasteiger partial charge in [-0.2, -0.15) is 0 Å². The molecular weight excluding hydrogens is 310 g/mol. The Morgan fingerprint density at radius 1 is 1.12 bits per heavy atom. The van der Waals surface area contributed by atoms with Crippen molar-refractivity contribution in [1.82, 2.24) is 10.6 Å². The number of benzene rings is 1. The van der Waals surface area contributed by atoms with E-state index in [1.165, 1.54) is 0 Å². The zero-order chi connectivity index (χ0) is 18.1. The Morgan fingerprint density at radius 2 is 1.75 bits per heavy atom. The van der Waals surface area contributed by atoms with Gasteiger partial charge in [-0.25, -0.2) is 4.79 Å². The van der Waals surface area contributed by atoms with Crippen LogP contribution in [0.3, 0.4) is 0 Å². The molecule has 0 aliphatic heterocycles. The van der Waals surface area contributed by atoms with Gasteiger partial charge < -0.3 is 20.7 Å². The molecule has 7 heteroatoms. The molecule has 24 heavy (non-hydrogen) atoms. The number of esters is 1. The monoisotopic (exact) mass is 335 g/mol. The predicted octanol–water partition coefficient (Wildman–Crippen LogP) is 1.16. The molecule has 0 aromatic heterocycles. The van der Waals surface area contributed by atoms with Crippen LogP contribution in [0.2, 0.25) is 0 Å². The Balaban J connectivity index is 2.62. The first-order valence-electron chi connectivity index (χ1n) is 7.92. The minimum absolute atomic E-state index is 0.0996. The Bertz CT molecular complexity index is 572. The molecule has 2 amide bonds. The van der Waals surface area contributed by atoms with Gasteiger partial charge in [0.2, 0.25) is 5.91 Å². The van der Waals surface area contributed by atoms with Gasteiger partial charge in [0.1, 0.15) is 6.04 Å². The summed E-state index contributed by atoms with van der Waals surface area (Å²) in [7, 11) is 1.79. The van der Waals surface area contributed by atoms with Crippen LogP contribution in [0.1, 0.15) is 31.1 Å². The number of hydrogen-bond acceptors (Lipinski definition) is 5. The maximum Gasteiger partial charge on any atom is 0.328 e. The van der Waals surface area contributed by atoms with Crippen LogP contribution in [0, 0.1) is 5.92 Å². The molecule has 1 aromatic rings. The smallest absolute Gasteiger partial charge is 0.328 e. The molecule has 2 unspecified atom stereocenters. The third kappa shape index (κ3) is 6.00. The number of hydrogen-bond donors (Lipinski definition) is 3. The van der Waals surface area contributed by atoms with Crippen molar-refractivity contribution in [2.75, 3.05) is 25.5 Å². The minimum Gasteiger partial charge on any atom is -0.464 e. The van der Waals surface area contributed by atoms with E-state index in [0.29, 0.717) is 17.8 Å². The van der Waals surface area contributed by atoms with E-state index in [1.807, 2.05) is 6.92 Å². The Labute approximate surface area is 142 Å². The first-order valence-corrected chi connectivity index (χ1v) is 7.92. The molecule has 1 aromatic carbocycles. The van der Waals surface area contributed by atoms with Crippen molar-refractivity contribution in [3.8, 4) is 0 Å². The summed E-state index contributed by atoms with van der Waals surface area (Å²) in [6.07, 6.45) is 0. The van der Waals surface area contributed by atoms with Gasteiger partial charge in [0.15, 0.2) is 0 Å². The van der Waals surface area contributed by atoms with Crippen molar-refractivity contribution in [2.45, 2.75) is 26.8 Å². The third-order valence-electron chi connectivity index (χ3n) is 3.36. The van der Waals surface area contributed by atoms with Crippen LogP contribution in [0.5, 0.6) is 0 Å². The first kappa shape index (κ1) is 19.6. The highest BCUT2D eigenvalue weighted by molar-refractivity contribution is 5.98. The number of carbonyl (C=O) groups is 3. The summed E-state index contributed by atoms with van der Waals surface area (Å²) in [4.78, 5) is 35.5. The zero-order valence-electron chi connectivity index (χ0n) is 14.5. The van der Waals surface area contributed by atoms with Crippen molar-refractivity contribution < 1.29 is 19.1 Å². The van der Waals surface area contributed by atoms with Gasteiger partial charge in [0.05, 0.1) is 6.61 Å². The highest BCUT2D eigenvalue weighted by Gasteiger charge is 2.17. The van der Waals surface area contributed by atoms with E-state index in [4.69, 9.17) is 4.74 Å². The summed E-state index contributed by atoms with van der Waals surface area (Å²) in [5, 5.41) is 8.29. The summed E-state index contributed by atoms with van der Waals surface area (Å²) in [5.74, 6) is -1.12. The topological polar surface area (TPSA) is 96.5 Å². The molecule has 0 saturated heterocycles. The first-order chi connectivity index (χ1) is 11.4. The largest absolute Gasteiger partial charge is 0.464 e. The molecule has 7 nitrogen and oxygen atoms in total. The summed E-state index contributed by atoms with van der Waals surface area (Å²) >= 11 is 0. The standard InChI is InChI=1S/C17H25N3O4/c1-5-24-17(23)12(3)19-16(22)13-6-8-14(9-7-13)20-15(21)11(2)10-18-4/h6-9,11-12,18H,5,10H2,1-4H3,(H,19,22)(H,20,21). The Morgan fingerprint density at radius 3 is 2.29 bits per heavy atom. The summed E-state index contributed by atoms with van der Waals surface area (Å²) < 4.78 is 4.84. The summed E-state index contributed by atoms with van der Waals surface area (Å²) in [6.45, 7) is 5.94. The molecule has 132 valence electrons. The van der Waals surface area contributed by atoms with Gasteiger partial charge in [-0.05, 0) is 45.2 Å². The van der Waals surface area contributed by atoms with Gasteiger partial charge in [0, 0.05) is 23.7 Å². The van der Waals surface area contributed by atoms with Crippen LogP contribution in [0.25, 0.3) is 0 Å². The van der Waals surface area contributed by atoms with Gasteiger partial charge in [0.25, 0.3) is 5.91 Å². The van der Waals surface area contributed by atoms with Crippen LogP contribution >= 0.6 is 0 Å². The van der Waals surface area contributed by atoms with Gasteiger partial charge in [-0.1, -0.05) is 6.92 Å². The lowest BCUT2D eigenvalue weighted by molar-refractivity contribution is -0.144. The lowest BCUT2D eigenvalue weighted by atomic mass is 10.1. The average molecular weight is 335 g/mol. The lowest BCUT2D eigenvalue weighted by Crippen LogP contribution is -2.39. The number of anilines is 1. The van der Waals surface area contributed by atoms with Crippen LogP contribution in [-0.2, 0) is 14.3 Å². The fourth-order valence-electron chi connectivity index (χ4n) is 1.98. The van der Waals surface area contributed by atoms with Crippen LogP contribution in [-0.4, -0.2) is 44.0 Å². The third-order valence-corrected chi connectivity index (χ3v) is 3.36. The highest BCUT2D eigenvalue weighted by atomic mass is 16.5. The quantitative estimate of drug-likeness (QED) is 0.620. The molecule has 0 fully saturated rings. The van der Waals surface area contributed by atoms with E-state index in [1.54, 1.807) is 45.2 Å². The van der Waals surface area contributed by atoms with Crippen molar-refractivity contribution >= 4 is 23.5 Å². The highest BCUT2D eigenvalue weighted by Crippen LogP contribution is 2.11. The molecule has 0 bridgehead atoms. The molecular formula is C17H25N3O4. The van der Waals surface area contributed by atoms with E-state index in [-0.39, 0.29) is 24.3 Å². The molecule has 0 spiro atoms. The number of carbonyl (C=O) groups excluding carboxylic acids is 3. The maximum atomic E-state index is 12.1. The fourth-order valence-corrected chi connectivity index (χ4v) is 1.98.